The first-order valence-electron chi connectivity index (χ1n) is 10.4. The summed E-state index contributed by atoms with van der Waals surface area (Å²) in [6, 6.07) is 6.86. The number of rotatable bonds is 9. The summed E-state index contributed by atoms with van der Waals surface area (Å²) in [6.45, 7) is 8.60. The van der Waals surface area contributed by atoms with E-state index >= 15 is 0 Å². The minimum absolute atomic E-state index is 0.0111. The highest BCUT2D eigenvalue weighted by Crippen LogP contribution is 2.16. The van der Waals surface area contributed by atoms with Crippen LogP contribution in [0.3, 0.4) is 0 Å². The van der Waals surface area contributed by atoms with Crippen molar-refractivity contribution in [3.63, 3.8) is 0 Å². The van der Waals surface area contributed by atoms with Crippen LogP contribution in [0.5, 0.6) is 0 Å². The van der Waals surface area contributed by atoms with Crippen LogP contribution in [0.2, 0.25) is 0 Å². The molecule has 2 N–H and O–H groups in total. The summed E-state index contributed by atoms with van der Waals surface area (Å²) < 4.78 is 31.5. The normalized spacial score (nSPS) is 19.7. The molecule has 1 heterocycles. The summed E-state index contributed by atoms with van der Waals surface area (Å²) in [5, 5.41) is 2.34. The van der Waals surface area contributed by atoms with Gasteiger partial charge < -0.3 is 15.0 Å². The molecular formula is C21H33N3O5S. The van der Waals surface area contributed by atoms with Crippen LogP contribution in [-0.4, -0.2) is 62.2 Å². The van der Waals surface area contributed by atoms with E-state index in [9.17, 15) is 18.0 Å². The number of carbonyl (C=O) groups excluding carboxylic acids is 2. The Kier molecular flexibility index (Phi) is 8.81. The van der Waals surface area contributed by atoms with E-state index in [-0.39, 0.29) is 24.0 Å². The van der Waals surface area contributed by atoms with Crippen molar-refractivity contribution in [2.24, 2.45) is 0 Å². The SMILES string of the molecule is CC(C)S(=O)(=O)NCCCCC(=O)Nc1ccc(C(=O)N2C[C@@H](C)O[C@@H](C)C2)cc1. The van der Waals surface area contributed by atoms with Gasteiger partial charge in [0.15, 0.2) is 0 Å². The molecule has 1 aromatic rings. The van der Waals surface area contributed by atoms with Crippen LogP contribution < -0.4 is 10.0 Å². The maximum absolute atomic E-state index is 12.7. The Morgan fingerprint density at radius 1 is 1.10 bits per heavy atom. The van der Waals surface area contributed by atoms with Crippen LogP contribution in [0.4, 0.5) is 5.69 Å². The van der Waals surface area contributed by atoms with E-state index in [1.54, 1.807) is 43.0 Å². The minimum atomic E-state index is -3.26. The fourth-order valence-electron chi connectivity index (χ4n) is 3.24. The zero-order valence-corrected chi connectivity index (χ0v) is 19.0. The number of benzene rings is 1. The van der Waals surface area contributed by atoms with Gasteiger partial charge in [-0.25, -0.2) is 13.1 Å². The average Bonchev–Trinajstić information content (AvgIpc) is 2.66. The first-order valence-corrected chi connectivity index (χ1v) is 12.0. The van der Waals surface area contributed by atoms with Crippen molar-refractivity contribution in [1.82, 2.24) is 9.62 Å². The Balaban J connectivity index is 1.76. The largest absolute Gasteiger partial charge is 0.372 e. The maximum atomic E-state index is 12.7. The minimum Gasteiger partial charge on any atom is -0.372 e. The second kappa shape index (κ2) is 10.9. The lowest BCUT2D eigenvalue weighted by atomic mass is 10.1. The molecule has 2 atom stereocenters. The van der Waals surface area contributed by atoms with Gasteiger partial charge in [-0.05, 0) is 64.8 Å². The number of hydrogen-bond acceptors (Lipinski definition) is 5. The van der Waals surface area contributed by atoms with Gasteiger partial charge in [-0.3, -0.25) is 9.59 Å². The Morgan fingerprint density at radius 3 is 2.27 bits per heavy atom. The number of carbonyl (C=O) groups is 2. The molecule has 9 heteroatoms. The van der Waals surface area contributed by atoms with E-state index in [2.05, 4.69) is 10.0 Å². The van der Waals surface area contributed by atoms with E-state index in [0.717, 1.165) is 0 Å². The fourth-order valence-corrected chi connectivity index (χ4v) is 4.00. The lowest BCUT2D eigenvalue weighted by Gasteiger charge is -2.35. The molecule has 0 saturated carbocycles. The number of amides is 2. The summed E-state index contributed by atoms with van der Waals surface area (Å²) in [5.74, 6) is -0.185. The van der Waals surface area contributed by atoms with E-state index in [1.807, 2.05) is 13.8 Å². The molecule has 1 aliphatic heterocycles. The third-order valence-corrected chi connectivity index (χ3v) is 6.72. The molecule has 1 aromatic carbocycles. The average molecular weight is 440 g/mol. The molecule has 168 valence electrons. The van der Waals surface area contributed by atoms with Gasteiger partial charge in [0.25, 0.3) is 5.91 Å². The van der Waals surface area contributed by atoms with Crippen molar-refractivity contribution in [2.45, 2.75) is 64.4 Å². The van der Waals surface area contributed by atoms with Gasteiger partial charge >= 0.3 is 0 Å². The molecule has 1 fully saturated rings. The Bertz CT molecular complexity index is 814. The zero-order valence-electron chi connectivity index (χ0n) is 18.2. The van der Waals surface area contributed by atoms with Gasteiger partial charge in [-0.1, -0.05) is 0 Å². The molecule has 0 bridgehead atoms. The van der Waals surface area contributed by atoms with Gasteiger partial charge in [-0.15, -0.1) is 0 Å². The first kappa shape index (κ1) is 24.3. The topological polar surface area (TPSA) is 105 Å². The number of sulfonamides is 1. The van der Waals surface area contributed by atoms with Crippen molar-refractivity contribution in [1.29, 1.82) is 0 Å². The lowest BCUT2D eigenvalue weighted by molar-refractivity contribution is -0.116. The number of morpholine rings is 1. The Morgan fingerprint density at radius 2 is 1.70 bits per heavy atom. The van der Waals surface area contributed by atoms with E-state index in [0.29, 0.717) is 50.1 Å². The van der Waals surface area contributed by atoms with Gasteiger partial charge in [0, 0.05) is 37.3 Å². The molecule has 0 spiro atoms. The van der Waals surface area contributed by atoms with Gasteiger partial charge in [0.2, 0.25) is 15.9 Å². The standard InChI is InChI=1S/C21H33N3O5S/c1-15(2)30(27,28)22-12-6-5-7-20(25)23-19-10-8-18(9-11-19)21(26)24-13-16(3)29-17(4)14-24/h8-11,15-17,22H,5-7,12-14H2,1-4H3,(H,23,25)/t16-,17+. The van der Waals surface area contributed by atoms with Crippen LogP contribution in [0.25, 0.3) is 0 Å². The zero-order chi connectivity index (χ0) is 22.3. The summed E-state index contributed by atoms with van der Waals surface area (Å²) in [7, 11) is -3.26. The Hall–Kier alpha value is -1.97. The highest BCUT2D eigenvalue weighted by Gasteiger charge is 2.26. The van der Waals surface area contributed by atoms with Crippen LogP contribution in [-0.2, 0) is 19.6 Å². The van der Waals surface area contributed by atoms with Crippen LogP contribution in [0, 0.1) is 0 Å². The molecule has 2 rings (SSSR count). The molecule has 0 aromatic heterocycles. The number of unbranched alkanes of at least 4 members (excludes halogenated alkanes) is 1. The number of nitrogens with one attached hydrogen (secondary N) is 2. The molecule has 0 unspecified atom stereocenters. The monoisotopic (exact) mass is 439 g/mol. The van der Waals surface area contributed by atoms with Gasteiger partial charge in [-0.2, -0.15) is 0 Å². The summed E-state index contributed by atoms with van der Waals surface area (Å²) >= 11 is 0. The van der Waals surface area contributed by atoms with Crippen LogP contribution in [0.1, 0.15) is 57.3 Å². The molecule has 8 nitrogen and oxygen atoms in total. The van der Waals surface area contributed by atoms with Gasteiger partial charge in [0.1, 0.15) is 0 Å². The molecular weight excluding hydrogens is 406 g/mol. The third-order valence-electron chi connectivity index (χ3n) is 4.88. The molecule has 0 aliphatic carbocycles. The van der Waals surface area contributed by atoms with Gasteiger partial charge in [0.05, 0.1) is 17.5 Å². The molecule has 30 heavy (non-hydrogen) atoms. The number of anilines is 1. The second-order valence-electron chi connectivity index (χ2n) is 8.04. The quantitative estimate of drug-likeness (QED) is 0.575. The van der Waals surface area contributed by atoms with Crippen molar-refractivity contribution < 1.29 is 22.7 Å². The molecule has 1 saturated heterocycles. The number of ether oxygens (including phenoxy) is 1. The molecule has 2 amide bonds. The predicted molar refractivity (Wildman–Crippen MR) is 117 cm³/mol. The highest BCUT2D eigenvalue weighted by molar-refractivity contribution is 7.90. The summed E-state index contributed by atoms with van der Waals surface area (Å²) in [6.07, 6.45) is 1.49. The fraction of sp³-hybridized carbons (Fsp3) is 0.619. The lowest BCUT2D eigenvalue weighted by Crippen LogP contribution is -2.48. The third kappa shape index (κ3) is 7.37. The van der Waals surface area contributed by atoms with Crippen molar-refractivity contribution in [3.8, 4) is 0 Å². The van der Waals surface area contributed by atoms with Crippen molar-refractivity contribution in [3.05, 3.63) is 29.8 Å². The van der Waals surface area contributed by atoms with E-state index in [1.165, 1.54) is 0 Å². The summed E-state index contributed by atoms with van der Waals surface area (Å²) in [4.78, 5) is 26.5. The first-order chi connectivity index (χ1) is 14.1. The maximum Gasteiger partial charge on any atom is 0.254 e. The second-order valence-corrected chi connectivity index (χ2v) is 10.4. The van der Waals surface area contributed by atoms with Crippen LogP contribution in [0.15, 0.2) is 24.3 Å². The Labute approximate surface area is 179 Å². The number of hydrogen-bond donors (Lipinski definition) is 2. The van der Waals surface area contributed by atoms with Crippen LogP contribution >= 0.6 is 0 Å². The number of nitrogens with zero attached hydrogens (tertiary/aromatic N) is 1. The summed E-state index contributed by atoms with van der Waals surface area (Å²) in [5.41, 5.74) is 1.20. The smallest absolute Gasteiger partial charge is 0.254 e. The van der Waals surface area contributed by atoms with Crippen molar-refractivity contribution >= 4 is 27.5 Å². The molecule has 0 radical (unpaired) electrons. The predicted octanol–water partition coefficient (Wildman–Crippen LogP) is 2.37. The van der Waals surface area contributed by atoms with Crippen molar-refractivity contribution in [2.75, 3.05) is 25.0 Å². The molecule has 1 aliphatic rings. The van der Waals surface area contributed by atoms with E-state index < -0.39 is 15.3 Å². The highest BCUT2D eigenvalue weighted by atomic mass is 32.2. The van der Waals surface area contributed by atoms with E-state index in [4.69, 9.17) is 4.74 Å².